The number of carbonyl (C=O) groups is 2. The first-order chi connectivity index (χ1) is 10.0. The van der Waals surface area contributed by atoms with Crippen LogP contribution in [0.5, 0.6) is 0 Å². The van der Waals surface area contributed by atoms with Crippen molar-refractivity contribution in [3.8, 4) is 0 Å². The zero-order valence-corrected chi connectivity index (χ0v) is 11.6. The van der Waals surface area contributed by atoms with E-state index in [4.69, 9.17) is 5.11 Å². The number of aromatic amines is 1. The maximum atomic E-state index is 12.5. The Morgan fingerprint density at radius 2 is 2.24 bits per heavy atom. The lowest BCUT2D eigenvalue weighted by atomic mass is 10.1. The van der Waals surface area contributed by atoms with Gasteiger partial charge in [-0.1, -0.05) is 0 Å². The van der Waals surface area contributed by atoms with Crippen LogP contribution in [-0.2, 0) is 4.79 Å². The molecule has 110 valence electrons. The lowest BCUT2D eigenvalue weighted by molar-refractivity contribution is -0.140. The molecule has 1 unspecified atom stereocenters. The second-order valence-corrected chi connectivity index (χ2v) is 5.15. The average molecular weight is 288 g/mol. The van der Waals surface area contributed by atoms with Crippen LogP contribution in [-0.4, -0.2) is 57.5 Å². The maximum absolute atomic E-state index is 12.5. The molecule has 2 aromatic rings. The van der Waals surface area contributed by atoms with Crippen LogP contribution < -0.4 is 5.32 Å². The van der Waals surface area contributed by atoms with Gasteiger partial charge in [0.25, 0.3) is 5.91 Å². The van der Waals surface area contributed by atoms with Crippen LogP contribution in [0.25, 0.3) is 11.0 Å². The minimum Gasteiger partial charge on any atom is -0.480 e. The van der Waals surface area contributed by atoms with Gasteiger partial charge in [0.05, 0.1) is 11.0 Å². The molecule has 0 bridgehead atoms. The average Bonchev–Trinajstić information content (AvgIpc) is 2.85. The molecule has 0 saturated carbocycles. The number of fused-ring (bicyclic) bond motifs is 1. The normalized spacial score (nSPS) is 18.9. The number of imidazole rings is 1. The number of amides is 1. The van der Waals surface area contributed by atoms with Gasteiger partial charge >= 0.3 is 5.97 Å². The van der Waals surface area contributed by atoms with Gasteiger partial charge in [-0.2, -0.15) is 0 Å². The largest absolute Gasteiger partial charge is 0.480 e. The van der Waals surface area contributed by atoms with E-state index in [0.717, 1.165) is 16.9 Å². The van der Waals surface area contributed by atoms with E-state index in [1.807, 2.05) is 6.92 Å². The number of piperazine rings is 1. The number of aryl methyl sites for hydroxylation is 1. The van der Waals surface area contributed by atoms with Crippen molar-refractivity contribution >= 4 is 22.9 Å². The summed E-state index contributed by atoms with van der Waals surface area (Å²) in [6, 6.07) is 4.57. The van der Waals surface area contributed by atoms with Crippen molar-refractivity contribution in [3.05, 3.63) is 29.6 Å². The van der Waals surface area contributed by atoms with Crippen molar-refractivity contribution in [1.29, 1.82) is 0 Å². The number of carbonyl (C=O) groups excluding carboxylic acids is 1. The molecule has 3 rings (SSSR count). The zero-order valence-electron chi connectivity index (χ0n) is 11.6. The zero-order chi connectivity index (χ0) is 15.0. The van der Waals surface area contributed by atoms with Crippen molar-refractivity contribution in [2.45, 2.75) is 13.0 Å². The summed E-state index contributed by atoms with van der Waals surface area (Å²) in [5.41, 5.74) is 2.16. The van der Waals surface area contributed by atoms with E-state index in [9.17, 15) is 9.59 Å². The summed E-state index contributed by atoms with van der Waals surface area (Å²) in [4.78, 5) is 32.5. The van der Waals surface area contributed by atoms with Gasteiger partial charge < -0.3 is 20.3 Å². The SMILES string of the molecule is Cc1nc2ccc(C(=O)N3CCNC(C(=O)O)C3)cc2[nH]1. The third kappa shape index (κ3) is 2.59. The molecule has 1 saturated heterocycles. The predicted octanol–water partition coefficient (Wildman–Crippen LogP) is 0.370. The van der Waals surface area contributed by atoms with E-state index < -0.39 is 12.0 Å². The number of carboxylic acids is 1. The fourth-order valence-corrected chi connectivity index (χ4v) is 2.55. The van der Waals surface area contributed by atoms with E-state index in [-0.39, 0.29) is 12.5 Å². The molecular weight excluding hydrogens is 272 g/mol. The number of benzene rings is 1. The van der Waals surface area contributed by atoms with Crippen LogP contribution in [0.2, 0.25) is 0 Å². The smallest absolute Gasteiger partial charge is 0.322 e. The fraction of sp³-hybridized carbons (Fsp3) is 0.357. The van der Waals surface area contributed by atoms with E-state index >= 15 is 0 Å². The molecule has 7 heteroatoms. The molecular formula is C14H16N4O3. The highest BCUT2D eigenvalue weighted by Gasteiger charge is 2.28. The van der Waals surface area contributed by atoms with Crippen LogP contribution in [0, 0.1) is 6.92 Å². The number of hydrogen-bond acceptors (Lipinski definition) is 4. The molecule has 3 N–H and O–H groups in total. The second-order valence-electron chi connectivity index (χ2n) is 5.15. The molecule has 0 spiro atoms. The molecule has 2 heterocycles. The number of aromatic nitrogens is 2. The predicted molar refractivity (Wildman–Crippen MR) is 76.2 cm³/mol. The third-order valence-corrected chi connectivity index (χ3v) is 3.61. The second kappa shape index (κ2) is 5.17. The highest BCUT2D eigenvalue weighted by Crippen LogP contribution is 2.16. The van der Waals surface area contributed by atoms with Gasteiger partial charge in [0, 0.05) is 25.2 Å². The molecule has 1 aromatic heterocycles. The van der Waals surface area contributed by atoms with Gasteiger partial charge in [0.2, 0.25) is 0 Å². The number of aliphatic carboxylic acids is 1. The Hall–Kier alpha value is -2.41. The van der Waals surface area contributed by atoms with E-state index in [0.29, 0.717) is 18.7 Å². The minimum atomic E-state index is -0.938. The van der Waals surface area contributed by atoms with Crippen molar-refractivity contribution < 1.29 is 14.7 Å². The lowest BCUT2D eigenvalue weighted by Gasteiger charge is -2.31. The molecule has 0 radical (unpaired) electrons. The van der Waals surface area contributed by atoms with Gasteiger partial charge in [-0.15, -0.1) is 0 Å². The van der Waals surface area contributed by atoms with Crippen LogP contribution in [0.3, 0.4) is 0 Å². The number of nitrogens with zero attached hydrogens (tertiary/aromatic N) is 2. The van der Waals surface area contributed by atoms with Gasteiger partial charge in [0.15, 0.2) is 0 Å². The van der Waals surface area contributed by atoms with Crippen molar-refractivity contribution in [2.24, 2.45) is 0 Å². The standard InChI is InChI=1S/C14H16N4O3/c1-8-16-10-3-2-9(6-11(10)17-8)13(19)18-5-4-15-12(7-18)14(20)21/h2-3,6,12,15H,4-5,7H2,1H3,(H,16,17)(H,20,21). The van der Waals surface area contributed by atoms with Gasteiger partial charge in [-0.3, -0.25) is 9.59 Å². The van der Waals surface area contributed by atoms with Gasteiger partial charge in [0.1, 0.15) is 11.9 Å². The Morgan fingerprint density at radius 1 is 1.43 bits per heavy atom. The molecule has 1 amide bonds. The minimum absolute atomic E-state index is 0.156. The lowest BCUT2D eigenvalue weighted by Crippen LogP contribution is -2.55. The summed E-state index contributed by atoms with van der Waals surface area (Å²) in [5, 5.41) is 11.9. The summed E-state index contributed by atoms with van der Waals surface area (Å²) in [5.74, 6) is -0.299. The number of hydrogen-bond donors (Lipinski definition) is 3. The van der Waals surface area contributed by atoms with E-state index in [1.165, 1.54) is 0 Å². The van der Waals surface area contributed by atoms with Gasteiger partial charge in [-0.25, -0.2) is 4.98 Å². The fourth-order valence-electron chi connectivity index (χ4n) is 2.55. The van der Waals surface area contributed by atoms with Crippen molar-refractivity contribution in [3.63, 3.8) is 0 Å². The number of nitrogens with one attached hydrogen (secondary N) is 2. The molecule has 1 atom stereocenters. The topological polar surface area (TPSA) is 98.3 Å². The molecule has 1 fully saturated rings. The Balaban J connectivity index is 1.84. The van der Waals surface area contributed by atoms with Gasteiger partial charge in [-0.05, 0) is 25.1 Å². The highest BCUT2D eigenvalue weighted by molar-refractivity contribution is 5.97. The van der Waals surface area contributed by atoms with Crippen LogP contribution in [0.1, 0.15) is 16.2 Å². The molecule has 1 aliphatic heterocycles. The first kappa shape index (κ1) is 13.6. The van der Waals surface area contributed by atoms with Crippen LogP contribution in [0.4, 0.5) is 0 Å². The number of rotatable bonds is 2. The van der Waals surface area contributed by atoms with Crippen molar-refractivity contribution in [2.75, 3.05) is 19.6 Å². The quantitative estimate of drug-likeness (QED) is 0.741. The Labute approximate surface area is 121 Å². The maximum Gasteiger partial charge on any atom is 0.322 e. The van der Waals surface area contributed by atoms with Crippen LogP contribution >= 0.6 is 0 Å². The molecule has 1 aromatic carbocycles. The summed E-state index contributed by atoms with van der Waals surface area (Å²) >= 11 is 0. The molecule has 21 heavy (non-hydrogen) atoms. The molecule has 7 nitrogen and oxygen atoms in total. The van der Waals surface area contributed by atoms with Crippen LogP contribution in [0.15, 0.2) is 18.2 Å². The number of carboxylic acid groups (broad SMARTS) is 1. The highest BCUT2D eigenvalue weighted by atomic mass is 16.4. The Bertz CT molecular complexity index is 709. The molecule has 0 aliphatic carbocycles. The summed E-state index contributed by atoms with van der Waals surface area (Å²) < 4.78 is 0. The first-order valence-electron chi connectivity index (χ1n) is 6.76. The van der Waals surface area contributed by atoms with E-state index in [2.05, 4.69) is 15.3 Å². The Kier molecular flexibility index (Phi) is 3.34. The first-order valence-corrected chi connectivity index (χ1v) is 6.76. The van der Waals surface area contributed by atoms with Crippen molar-refractivity contribution in [1.82, 2.24) is 20.2 Å². The summed E-state index contributed by atoms with van der Waals surface area (Å²) in [7, 11) is 0. The number of H-pyrrole nitrogens is 1. The summed E-state index contributed by atoms with van der Waals surface area (Å²) in [6.07, 6.45) is 0. The summed E-state index contributed by atoms with van der Waals surface area (Å²) in [6.45, 7) is 3.01. The Morgan fingerprint density at radius 3 is 3.00 bits per heavy atom. The third-order valence-electron chi connectivity index (χ3n) is 3.61. The monoisotopic (exact) mass is 288 g/mol. The molecule has 1 aliphatic rings. The van der Waals surface area contributed by atoms with E-state index in [1.54, 1.807) is 23.1 Å².